The number of aromatic amines is 1. The fraction of sp³-hybridized carbons (Fsp3) is 0.300. The van der Waals surface area contributed by atoms with E-state index in [-0.39, 0.29) is 23.6 Å². The summed E-state index contributed by atoms with van der Waals surface area (Å²) in [6, 6.07) is 5.88. The van der Waals surface area contributed by atoms with Crippen LogP contribution >= 0.6 is 0 Å². The molecule has 2 aromatic rings. The SMILES string of the molecule is CC(=O)c1c(C)[nH]c(C(=O)[C@H](C)OC(=O)c2ccc(OCC(N)=O)cc2)c1C. The van der Waals surface area contributed by atoms with Gasteiger partial charge in [-0.25, -0.2) is 4.79 Å². The molecule has 0 spiro atoms. The largest absolute Gasteiger partial charge is 0.484 e. The quantitative estimate of drug-likeness (QED) is 0.528. The van der Waals surface area contributed by atoms with E-state index >= 15 is 0 Å². The molecule has 3 N–H and O–H groups in total. The average Bonchev–Trinajstić information content (AvgIpc) is 2.93. The first-order chi connectivity index (χ1) is 13.1. The van der Waals surface area contributed by atoms with Crippen molar-refractivity contribution < 1.29 is 28.7 Å². The number of hydrogen-bond donors (Lipinski definition) is 2. The second-order valence-electron chi connectivity index (χ2n) is 6.37. The van der Waals surface area contributed by atoms with Crippen LogP contribution in [0.15, 0.2) is 24.3 Å². The van der Waals surface area contributed by atoms with Gasteiger partial charge in [-0.1, -0.05) is 0 Å². The number of ether oxygens (including phenoxy) is 2. The van der Waals surface area contributed by atoms with Crippen molar-refractivity contribution >= 4 is 23.4 Å². The van der Waals surface area contributed by atoms with Crippen molar-refractivity contribution in [2.24, 2.45) is 5.73 Å². The molecule has 0 fully saturated rings. The molecule has 1 amide bonds. The van der Waals surface area contributed by atoms with Crippen molar-refractivity contribution in [3.05, 3.63) is 52.3 Å². The fourth-order valence-corrected chi connectivity index (χ4v) is 2.85. The van der Waals surface area contributed by atoms with Crippen LogP contribution < -0.4 is 10.5 Å². The molecular weight excluding hydrogens is 364 g/mol. The van der Waals surface area contributed by atoms with Gasteiger partial charge in [-0.2, -0.15) is 0 Å². The van der Waals surface area contributed by atoms with Gasteiger partial charge in [-0.05, 0) is 57.5 Å². The van der Waals surface area contributed by atoms with E-state index in [9.17, 15) is 19.2 Å². The van der Waals surface area contributed by atoms with Gasteiger partial charge in [0.25, 0.3) is 5.91 Å². The summed E-state index contributed by atoms with van der Waals surface area (Å²) in [4.78, 5) is 50.2. The van der Waals surface area contributed by atoms with Crippen molar-refractivity contribution in [1.82, 2.24) is 4.98 Å². The molecule has 0 bridgehead atoms. The highest BCUT2D eigenvalue weighted by Crippen LogP contribution is 2.21. The number of aryl methyl sites for hydroxylation is 1. The van der Waals surface area contributed by atoms with E-state index in [4.69, 9.17) is 15.2 Å². The molecule has 0 saturated carbocycles. The lowest BCUT2D eigenvalue weighted by atomic mass is 10.0. The van der Waals surface area contributed by atoms with Crippen LogP contribution in [0.4, 0.5) is 0 Å². The fourth-order valence-electron chi connectivity index (χ4n) is 2.85. The van der Waals surface area contributed by atoms with Crippen molar-refractivity contribution in [1.29, 1.82) is 0 Å². The number of ketones is 2. The first-order valence-electron chi connectivity index (χ1n) is 8.58. The third-order valence-electron chi connectivity index (χ3n) is 4.16. The minimum absolute atomic E-state index is 0.145. The molecular formula is C20H22N2O6. The number of nitrogens with one attached hydrogen (secondary N) is 1. The number of carbonyl (C=O) groups is 4. The summed E-state index contributed by atoms with van der Waals surface area (Å²) in [5.41, 5.74) is 7.06. The molecule has 1 atom stereocenters. The Bertz CT molecular complexity index is 927. The standard InChI is InChI=1S/C20H22N2O6/c1-10-17(12(3)23)11(2)22-18(10)19(25)13(4)28-20(26)14-5-7-15(8-6-14)27-9-16(21)24/h5-8,13,22H,9H2,1-4H3,(H2,21,24)/t13-/m0/s1. The van der Waals surface area contributed by atoms with Crippen molar-refractivity contribution in [3.8, 4) is 5.75 Å². The maximum Gasteiger partial charge on any atom is 0.338 e. The van der Waals surface area contributed by atoms with Gasteiger partial charge in [-0.3, -0.25) is 14.4 Å². The number of hydrogen-bond acceptors (Lipinski definition) is 6. The molecule has 0 aliphatic rings. The summed E-state index contributed by atoms with van der Waals surface area (Å²) in [7, 11) is 0. The number of aromatic nitrogens is 1. The van der Waals surface area contributed by atoms with Crippen LogP contribution in [0, 0.1) is 13.8 Å². The summed E-state index contributed by atoms with van der Waals surface area (Å²) < 4.78 is 10.4. The minimum atomic E-state index is -1.05. The summed E-state index contributed by atoms with van der Waals surface area (Å²) in [5, 5.41) is 0. The summed E-state index contributed by atoms with van der Waals surface area (Å²) in [6.45, 7) is 6.00. The molecule has 0 aliphatic heterocycles. The van der Waals surface area contributed by atoms with Gasteiger partial charge in [0, 0.05) is 11.3 Å². The van der Waals surface area contributed by atoms with Gasteiger partial charge >= 0.3 is 5.97 Å². The van der Waals surface area contributed by atoms with Crippen LogP contribution in [0.25, 0.3) is 0 Å². The lowest BCUT2D eigenvalue weighted by Gasteiger charge is -2.12. The van der Waals surface area contributed by atoms with E-state index < -0.39 is 23.8 Å². The number of esters is 1. The molecule has 0 radical (unpaired) electrons. The van der Waals surface area contributed by atoms with E-state index in [2.05, 4.69) is 4.98 Å². The maximum atomic E-state index is 12.6. The lowest BCUT2D eigenvalue weighted by molar-refractivity contribution is -0.119. The van der Waals surface area contributed by atoms with Crippen LogP contribution in [-0.4, -0.2) is 41.1 Å². The molecule has 1 heterocycles. The number of carbonyl (C=O) groups excluding carboxylic acids is 4. The number of amides is 1. The van der Waals surface area contributed by atoms with Gasteiger partial charge in [-0.15, -0.1) is 0 Å². The Labute approximate surface area is 162 Å². The smallest absolute Gasteiger partial charge is 0.338 e. The molecule has 8 heteroatoms. The normalized spacial score (nSPS) is 11.6. The number of nitrogens with two attached hydrogens (primary N) is 1. The number of H-pyrrole nitrogens is 1. The van der Waals surface area contributed by atoms with Gasteiger partial charge in [0.1, 0.15) is 5.75 Å². The Kier molecular flexibility index (Phi) is 6.35. The lowest BCUT2D eigenvalue weighted by Crippen LogP contribution is -2.25. The zero-order chi connectivity index (χ0) is 21.0. The van der Waals surface area contributed by atoms with E-state index in [1.807, 2.05) is 0 Å². The van der Waals surface area contributed by atoms with E-state index in [0.717, 1.165) is 0 Å². The highest BCUT2D eigenvalue weighted by Gasteiger charge is 2.26. The minimum Gasteiger partial charge on any atom is -0.484 e. The van der Waals surface area contributed by atoms with Crippen LogP contribution in [0.5, 0.6) is 5.75 Å². The molecule has 1 aromatic carbocycles. The predicted octanol–water partition coefficient (Wildman–Crippen LogP) is 2.13. The summed E-state index contributed by atoms with van der Waals surface area (Å²) in [5.74, 6) is -1.50. The molecule has 28 heavy (non-hydrogen) atoms. The van der Waals surface area contributed by atoms with Crippen LogP contribution in [-0.2, 0) is 9.53 Å². The van der Waals surface area contributed by atoms with Crippen LogP contribution in [0.3, 0.4) is 0 Å². The molecule has 0 unspecified atom stereocenters. The second kappa shape index (κ2) is 8.51. The molecule has 8 nitrogen and oxygen atoms in total. The van der Waals surface area contributed by atoms with Crippen molar-refractivity contribution in [2.75, 3.05) is 6.61 Å². The highest BCUT2D eigenvalue weighted by atomic mass is 16.5. The third kappa shape index (κ3) is 4.64. The molecule has 1 aromatic heterocycles. The Morgan fingerprint density at radius 1 is 1.11 bits per heavy atom. The molecule has 0 saturated heterocycles. The number of benzene rings is 1. The van der Waals surface area contributed by atoms with Crippen molar-refractivity contribution in [2.45, 2.75) is 33.8 Å². The third-order valence-corrected chi connectivity index (χ3v) is 4.16. The number of Topliss-reactive ketones (excluding diaryl/α,β-unsaturated/α-hetero) is 2. The average molecular weight is 386 g/mol. The zero-order valence-corrected chi connectivity index (χ0v) is 16.1. The van der Waals surface area contributed by atoms with E-state index in [1.54, 1.807) is 13.8 Å². The molecule has 148 valence electrons. The maximum absolute atomic E-state index is 12.6. The summed E-state index contributed by atoms with van der Waals surface area (Å²) in [6.07, 6.45) is -1.05. The van der Waals surface area contributed by atoms with Gasteiger partial charge in [0.05, 0.1) is 11.3 Å². The first-order valence-corrected chi connectivity index (χ1v) is 8.58. The van der Waals surface area contributed by atoms with Crippen molar-refractivity contribution in [3.63, 3.8) is 0 Å². The predicted molar refractivity (Wildman–Crippen MR) is 101 cm³/mol. The molecule has 2 rings (SSSR count). The summed E-state index contributed by atoms with van der Waals surface area (Å²) >= 11 is 0. The Morgan fingerprint density at radius 2 is 1.71 bits per heavy atom. The van der Waals surface area contributed by atoms with Gasteiger partial charge in [0.2, 0.25) is 5.78 Å². The number of rotatable bonds is 8. The van der Waals surface area contributed by atoms with Crippen LogP contribution in [0.1, 0.15) is 56.3 Å². The highest BCUT2D eigenvalue weighted by molar-refractivity contribution is 6.05. The second-order valence-corrected chi connectivity index (χ2v) is 6.37. The van der Waals surface area contributed by atoms with Crippen LogP contribution in [0.2, 0.25) is 0 Å². The Morgan fingerprint density at radius 3 is 2.21 bits per heavy atom. The van der Waals surface area contributed by atoms with E-state index in [1.165, 1.54) is 38.1 Å². The van der Waals surface area contributed by atoms with E-state index in [0.29, 0.717) is 22.6 Å². The molecule has 0 aliphatic carbocycles. The monoisotopic (exact) mass is 386 g/mol. The van der Waals surface area contributed by atoms with Gasteiger partial charge < -0.3 is 20.2 Å². The first kappa shape index (κ1) is 20.9. The zero-order valence-electron chi connectivity index (χ0n) is 16.1. The number of primary amides is 1. The Balaban J connectivity index is 2.08. The Hall–Kier alpha value is -3.42. The topological polar surface area (TPSA) is 129 Å². The van der Waals surface area contributed by atoms with Gasteiger partial charge in [0.15, 0.2) is 18.5 Å².